The fraction of sp³-hybridized carbons (Fsp3) is 0.0833. The Morgan fingerprint density at radius 1 is 0.310 bits per heavy atom. The van der Waals surface area contributed by atoms with Crippen LogP contribution in [0.1, 0.15) is 69.2 Å². The van der Waals surface area contributed by atoms with Crippen LogP contribution in [-0.2, 0) is 21.0 Å². The van der Waals surface area contributed by atoms with E-state index >= 15 is 0 Å². The fourth-order valence-corrected chi connectivity index (χ4v) is 8.95. The van der Waals surface area contributed by atoms with Crippen LogP contribution < -0.4 is 0 Å². The summed E-state index contributed by atoms with van der Waals surface area (Å²) in [4.78, 5) is 21.5. The van der Waals surface area contributed by atoms with Crippen LogP contribution in [0.4, 0.5) is 0 Å². The summed E-state index contributed by atoms with van der Waals surface area (Å²) in [5, 5.41) is 30.0. The van der Waals surface area contributed by atoms with E-state index in [0.29, 0.717) is 23.3 Å². The molecule has 0 aliphatic carbocycles. The predicted octanol–water partition coefficient (Wildman–Crippen LogP) is 11.8. The molecule has 0 spiro atoms. The van der Waals surface area contributed by atoms with E-state index < -0.39 is 24.7 Å². The first-order valence-corrected chi connectivity index (χ1v) is 19.7. The molecule has 0 amide bonds. The Kier molecular flexibility index (Phi) is 7.33. The van der Waals surface area contributed by atoms with E-state index in [4.69, 9.17) is 44.9 Å². The summed E-state index contributed by atoms with van der Waals surface area (Å²) in [6, 6.07) is 51.1. The SMILES string of the molecule is [O]=[V].c1ccc2cc3c(cc2c1)/C1=N/C2[N-]/C(=N\C4[N-]/C(=N\C5[N-]/C(=N\C3[N-]1)c1cc3ccccc3cc15)c1cc3ccccc3cc14)c1cc3ccccc3cc12. The van der Waals surface area contributed by atoms with Gasteiger partial charge in [-0.15, -0.1) is 0 Å². The van der Waals surface area contributed by atoms with E-state index in [1.54, 1.807) is 0 Å². The van der Waals surface area contributed by atoms with Crippen LogP contribution in [0.3, 0.4) is 0 Å². The molecule has 5 aliphatic rings. The smallest absolute Gasteiger partial charge is 0.0101 e. The van der Waals surface area contributed by atoms with Gasteiger partial charge in [-0.3, -0.25) is 0 Å². The van der Waals surface area contributed by atoms with Crippen molar-refractivity contribution >= 4 is 66.4 Å². The Bertz CT molecular complexity index is 2800. The molecule has 0 N–H and O–H groups in total. The molecule has 0 radical (unpaired) electrons. The maximum atomic E-state index is 8.19. The second kappa shape index (κ2) is 12.8. The molecule has 8 aromatic rings. The second-order valence-corrected chi connectivity index (χ2v) is 15.0. The van der Waals surface area contributed by atoms with Crippen molar-refractivity contribution in [3.05, 3.63) is 211 Å². The Hall–Kier alpha value is -6.94. The van der Waals surface area contributed by atoms with E-state index in [1.807, 2.05) is 0 Å². The molecule has 9 nitrogen and oxygen atoms in total. The molecular formula is C48H28N8OV-4. The molecule has 5 aliphatic heterocycles. The maximum Gasteiger partial charge on any atom is -0.0101 e. The molecule has 10 heteroatoms. The zero-order valence-electron chi connectivity index (χ0n) is 30.6. The van der Waals surface area contributed by atoms with Gasteiger partial charge < -0.3 is 41.2 Å². The first-order chi connectivity index (χ1) is 28.7. The number of hydrogen-bond acceptors (Lipinski definition) is 5. The number of aliphatic imine (C=N–C) groups is 4. The molecule has 5 heterocycles. The third kappa shape index (κ3) is 5.10. The molecule has 0 aromatic heterocycles. The van der Waals surface area contributed by atoms with Crippen LogP contribution in [-0.4, -0.2) is 23.3 Å². The summed E-state index contributed by atoms with van der Waals surface area (Å²) in [5.41, 5.74) is 7.78. The maximum absolute atomic E-state index is 8.19. The molecule has 4 unspecified atom stereocenters. The number of fused-ring (bicyclic) bond motifs is 24. The Labute approximate surface area is 342 Å². The van der Waals surface area contributed by atoms with Gasteiger partial charge in [-0.25, -0.2) is 0 Å². The number of rotatable bonds is 0. The average Bonchev–Trinajstić information content (AvgIpc) is 3.98. The number of hydrogen-bond donors (Lipinski definition) is 0. The van der Waals surface area contributed by atoms with Gasteiger partial charge in [-0.2, -0.15) is 0 Å². The van der Waals surface area contributed by atoms with Crippen molar-refractivity contribution in [2.45, 2.75) is 24.7 Å². The van der Waals surface area contributed by atoms with Gasteiger partial charge in [0.05, 0.1) is 0 Å². The molecule has 13 rings (SSSR count). The van der Waals surface area contributed by atoms with Gasteiger partial charge in [-0.1, -0.05) is 145 Å². The molecule has 8 bridgehead atoms. The molecule has 8 aromatic carbocycles. The van der Waals surface area contributed by atoms with Gasteiger partial charge in [0, 0.05) is 0 Å². The van der Waals surface area contributed by atoms with E-state index in [1.165, 1.54) is 0 Å². The largest absolute Gasteiger partial charge is 0.458 e. The van der Waals surface area contributed by atoms with Crippen LogP contribution in [0.15, 0.2) is 166 Å². The summed E-state index contributed by atoms with van der Waals surface area (Å²) < 4.78 is 8.19. The van der Waals surface area contributed by atoms with Gasteiger partial charge in [0.2, 0.25) is 0 Å². The first-order valence-electron chi connectivity index (χ1n) is 19.1. The molecular weight excluding hydrogens is 756 g/mol. The van der Waals surface area contributed by atoms with Crippen molar-refractivity contribution in [3.63, 3.8) is 0 Å². The summed E-state index contributed by atoms with van der Waals surface area (Å²) in [6.07, 6.45) is -2.21. The van der Waals surface area contributed by atoms with Gasteiger partial charge in [0.15, 0.2) is 0 Å². The quantitative estimate of drug-likeness (QED) is 0.149. The van der Waals surface area contributed by atoms with Crippen LogP contribution in [0.25, 0.3) is 64.4 Å². The van der Waals surface area contributed by atoms with Crippen molar-refractivity contribution in [1.82, 2.24) is 0 Å². The van der Waals surface area contributed by atoms with E-state index in [-0.39, 0.29) is 0 Å². The van der Waals surface area contributed by atoms with E-state index in [9.17, 15) is 0 Å². The minimum absolute atomic E-state index is 0.552. The number of nitrogens with zero attached hydrogens (tertiary/aromatic N) is 8. The van der Waals surface area contributed by atoms with Crippen LogP contribution in [0, 0.1) is 0 Å². The number of amidine groups is 4. The van der Waals surface area contributed by atoms with Crippen molar-refractivity contribution < 1.29 is 21.0 Å². The minimum Gasteiger partial charge on any atom is -0.458 e. The van der Waals surface area contributed by atoms with Gasteiger partial charge >= 0.3 is 21.0 Å². The van der Waals surface area contributed by atoms with Crippen molar-refractivity contribution in [2.24, 2.45) is 20.0 Å². The summed E-state index contributed by atoms with van der Waals surface area (Å²) in [5.74, 6) is 2.49. The third-order valence-corrected chi connectivity index (χ3v) is 11.7. The minimum atomic E-state index is -0.552. The Morgan fingerprint density at radius 3 is 0.707 bits per heavy atom. The van der Waals surface area contributed by atoms with Gasteiger partial charge in [0.1, 0.15) is 0 Å². The first kappa shape index (κ1) is 33.2. The second-order valence-electron chi connectivity index (χ2n) is 15.0. The number of benzene rings is 8. The zero-order chi connectivity index (χ0) is 38.5. The average molecular weight is 784 g/mol. The topological polar surface area (TPSA) is 123 Å². The van der Waals surface area contributed by atoms with Crippen molar-refractivity contribution in [2.75, 3.05) is 0 Å². The zero-order valence-corrected chi connectivity index (χ0v) is 32.0. The Morgan fingerprint density at radius 2 is 0.500 bits per heavy atom. The molecule has 275 valence electrons. The summed E-state index contributed by atoms with van der Waals surface area (Å²) in [6.45, 7) is 0. The molecule has 0 saturated heterocycles. The van der Waals surface area contributed by atoms with Gasteiger partial charge in [-0.05, 0) is 137 Å². The van der Waals surface area contributed by atoms with Crippen LogP contribution in [0.2, 0.25) is 0 Å². The summed E-state index contributed by atoms with van der Waals surface area (Å²) in [7, 11) is 0. The van der Waals surface area contributed by atoms with E-state index in [0.717, 1.165) is 105 Å². The predicted molar refractivity (Wildman–Crippen MR) is 227 cm³/mol. The monoisotopic (exact) mass is 783 g/mol. The van der Waals surface area contributed by atoms with Crippen LogP contribution >= 0.6 is 0 Å². The Balaban J connectivity index is 0.00000181. The third-order valence-electron chi connectivity index (χ3n) is 11.7. The molecule has 0 saturated carbocycles. The summed E-state index contributed by atoms with van der Waals surface area (Å²) >= 11 is 1.06. The fourth-order valence-electron chi connectivity index (χ4n) is 8.95. The van der Waals surface area contributed by atoms with Gasteiger partial charge in [0.25, 0.3) is 0 Å². The standard InChI is InChI=1S/C48H28N8.O.V/c1-2-10-26-18-34-33(17-25(26)9-1)41-49-42(34)54-44-37-21-29-13-5-6-14-30(29)22-38(37)46(51-44)56-48-40-24-32-16-8-7-15-31(32)23-39(40)47(52-48)55-45-36-20-28-12-4-3-11-27(28)19-35(36)43(50-45)53-41;;/h1-24,41,44-45,48H;;/q-4;;. The van der Waals surface area contributed by atoms with Crippen LogP contribution in [0.5, 0.6) is 0 Å². The molecule has 58 heavy (non-hydrogen) atoms. The molecule has 0 fully saturated rings. The molecule has 4 atom stereocenters. The van der Waals surface area contributed by atoms with Crippen molar-refractivity contribution in [1.29, 1.82) is 0 Å². The normalized spacial score (nSPS) is 24.1. The van der Waals surface area contributed by atoms with Crippen molar-refractivity contribution in [3.8, 4) is 0 Å². The van der Waals surface area contributed by atoms with E-state index in [2.05, 4.69) is 146 Å².